The predicted molar refractivity (Wildman–Crippen MR) is 69.5 cm³/mol. The summed E-state index contributed by atoms with van der Waals surface area (Å²) in [7, 11) is 1.89. The van der Waals surface area contributed by atoms with Crippen LogP contribution in [0.25, 0.3) is 0 Å². The number of nitrogens with two attached hydrogens (primary N) is 1. The highest BCUT2D eigenvalue weighted by Crippen LogP contribution is 2.19. The Hall–Kier alpha value is -1.19. The van der Waals surface area contributed by atoms with Crippen LogP contribution in [-0.4, -0.2) is 15.8 Å². The minimum Gasteiger partial charge on any atom is -0.394 e. The van der Waals surface area contributed by atoms with Crippen molar-refractivity contribution in [2.45, 2.75) is 52.0 Å². The summed E-state index contributed by atoms with van der Waals surface area (Å²) in [5, 5.41) is 7.77. The molecule has 0 amide bonds. The number of aryl methyl sites for hydroxylation is 1. The summed E-state index contributed by atoms with van der Waals surface area (Å²) in [6, 6.07) is 0.502. The van der Waals surface area contributed by atoms with E-state index in [1.807, 2.05) is 13.2 Å². The SMILES string of the molecule is CCCCC(CCC)Nc1nn(C)cc1N. The normalized spacial score (nSPS) is 12.7. The first-order chi connectivity index (χ1) is 7.67. The summed E-state index contributed by atoms with van der Waals surface area (Å²) in [6.45, 7) is 4.43. The largest absolute Gasteiger partial charge is 0.394 e. The number of anilines is 2. The molecule has 4 nitrogen and oxygen atoms in total. The molecule has 1 aromatic rings. The van der Waals surface area contributed by atoms with Gasteiger partial charge in [0.2, 0.25) is 0 Å². The van der Waals surface area contributed by atoms with Crippen LogP contribution < -0.4 is 11.1 Å². The minimum absolute atomic E-state index is 0.502. The molecular formula is C12H24N4. The lowest BCUT2D eigenvalue weighted by molar-refractivity contribution is 0.562. The summed E-state index contributed by atoms with van der Waals surface area (Å²) in [5.74, 6) is 0.831. The van der Waals surface area contributed by atoms with Gasteiger partial charge in [-0.2, -0.15) is 5.10 Å². The highest BCUT2D eigenvalue weighted by atomic mass is 15.3. The molecule has 0 bridgehead atoms. The zero-order valence-corrected chi connectivity index (χ0v) is 10.7. The van der Waals surface area contributed by atoms with Crippen molar-refractivity contribution in [2.24, 2.45) is 7.05 Å². The summed E-state index contributed by atoms with van der Waals surface area (Å²) >= 11 is 0. The molecule has 0 radical (unpaired) electrons. The number of nitrogens with zero attached hydrogens (tertiary/aromatic N) is 2. The molecule has 1 heterocycles. The van der Waals surface area contributed by atoms with E-state index in [9.17, 15) is 0 Å². The quantitative estimate of drug-likeness (QED) is 0.748. The van der Waals surface area contributed by atoms with Crippen LogP contribution >= 0.6 is 0 Å². The van der Waals surface area contributed by atoms with Gasteiger partial charge in [0.1, 0.15) is 0 Å². The molecule has 0 aliphatic rings. The van der Waals surface area contributed by atoms with Crippen molar-refractivity contribution in [3.8, 4) is 0 Å². The molecule has 3 N–H and O–H groups in total. The first-order valence-electron chi connectivity index (χ1n) is 6.23. The van der Waals surface area contributed by atoms with E-state index in [4.69, 9.17) is 5.73 Å². The molecule has 0 aliphatic carbocycles. The summed E-state index contributed by atoms with van der Waals surface area (Å²) in [5.41, 5.74) is 6.60. The molecule has 1 aromatic heterocycles. The van der Waals surface area contributed by atoms with E-state index in [0.29, 0.717) is 6.04 Å². The fourth-order valence-electron chi connectivity index (χ4n) is 1.90. The lowest BCUT2D eigenvalue weighted by Gasteiger charge is -2.17. The van der Waals surface area contributed by atoms with Gasteiger partial charge >= 0.3 is 0 Å². The average molecular weight is 224 g/mol. The third-order valence-corrected chi connectivity index (χ3v) is 2.74. The lowest BCUT2D eigenvalue weighted by Crippen LogP contribution is -2.20. The molecule has 4 heteroatoms. The number of aromatic nitrogens is 2. The summed E-state index contributed by atoms with van der Waals surface area (Å²) in [6.07, 6.45) is 7.89. The molecule has 1 rings (SSSR count). The molecule has 0 saturated heterocycles. The third kappa shape index (κ3) is 3.76. The van der Waals surface area contributed by atoms with Gasteiger partial charge in [0, 0.05) is 19.3 Å². The van der Waals surface area contributed by atoms with Gasteiger partial charge in [0.05, 0.1) is 5.69 Å². The zero-order valence-electron chi connectivity index (χ0n) is 10.7. The number of nitrogens with one attached hydrogen (secondary N) is 1. The second-order valence-corrected chi connectivity index (χ2v) is 4.38. The van der Waals surface area contributed by atoms with Crippen LogP contribution in [0.1, 0.15) is 46.0 Å². The standard InChI is InChI=1S/C12H24N4/c1-4-6-8-10(7-5-2)14-12-11(13)9-16(3)15-12/h9-10H,4-8,13H2,1-3H3,(H,14,15). The number of hydrogen-bond donors (Lipinski definition) is 2. The molecule has 0 spiro atoms. The molecule has 1 atom stereocenters. The Labute approximate surface area is 98.2 Å². The topological polar surface area (TPSA) is 55.9 Å². The van der Waals surface area contributed by atoms with Crippen molar-refractivity contribution in [2.75, 3.05) is 11.1 Å². The van der Waals surface area contributed by atoms with Crippen molar-refractivity contribution in [3.63, 3.8) is 0 Å². The second-order valence-electron chi connectivity index (χ2n) is 4.38. The molecule has 16 heavy (non-hydrogen) atoms. The van der Waals surface area contributed by atoms with Crippen molar-refractivity contribution >= 4 is 11.5 Å². The van der Waals surface area contributed by atoms with Crippen LogP contribution in [0.2, 0.25) is 0 Å². The van der Waals surface area contributed by atoms with Gasteiger partial charge in [0.15, 0.2) is 5.82 Å². The molecular weight excluding hydrogens is 200 g/mol. The van der Waals surface area contributed by atoms with Crippen LogP contribution in [0, 0.1) is 0 Å². The van der Waals surface area contributed by atoms with Crippen molar-refractivity contribution in [3.05, 3.63) is 6.20 Å². The number of unbranched alkanes of at least 4 members (excludes halogenated alkanes) is 1. The highest BCUT2D eigenvalue weighted by Gasteiger charge is 2.11. The van der Waals surface area contributed by atoms with Crippen LogP contribution in [0.5, 0.6) is 0 Å². The first kappa shape index (κ1) is 12.9. The van der Waals surface area contributed by atoms with Crippen molar-refractivity contribution in [1.29, 1.82) is 0 Å². The third-order valence-electron chi connectivity index (χ3n) is 2.74. The summed E-state index contributed by atoms with van der Waals surface area (Å²) < 4.78 is 1.75. The van der Waals surface area contributed by atoms with Crippen molar-refractivity contribution < 1.29 is 0 Å². The monoisotopic (exact) mass is 224 g/mol. The molecule has 0 aliphatic heterocycles. The lowest BCUT2D eigenvalue weighted by atomic mass is 10.1. The van der Waals surface area contributed by atoms with E-state index in [1.165, 1.54) is 32.1 Å². The Morgan fingerprint density at radius 3 is 2.62 bits per heavy atom. The van der Waals surface area contributed by atoms with E-state index in [-0.39, 0.29) is 0 Å². The Morgan fingerprint density at radius 1 is 1.38 bits per heavy atom. The fourth-order valence-corrected chi connectivity index (χ4v) is 1.90. The smallest absolute Gasteiger partial charge is 0.171 e. The van der Waals surface area contributed by atoms with Crippen LogP contribution in [0.3, 0.4) is 0 Å². The molecule has 0 fully saturated rings. The summed E-state index contributed by atoms with van der Waals surface area (Å²) in [4.78, 5) is 0. The molecule has 0 saturated carbocycles. The van der Waals surface area contributed by atoms with Crippen LogP contribution in [-0.2, 0) is 7.05 Å². The maximum Gasteiger partial charge on any atom is 0.171 e. The number of nitrogen functional groups attached to an aromatic ring is 1. The molecule has 0 aromatic carbocycles. The van der Waals surface area contributed by atoms with E-state index >= 15 is 0 Å². The van der Waals surface area contributed by atoms with Gasteiger partial charge in [-0.1, -0.05) is 33.1 Å². The van der Waals surface area contributed by atoms with Crippen LogP contribution in [0.4, 0.5) is 11.5 Å². The van der Waals surface area contributed by atoms with Crippen LogP contribution in [0.15, 0.2) is 6.20 Å². The van der Waals surface area contributed by atoms with Gasteiger partial charge in [0.25, 0.3) is 0 Å². The highest BCUT2D eigenvalue weighted by molar-refractivity contribution is 5.60. The first-order valence-corrected chi connectivity index (χ1v) is 6.23. The maximum absolute atomic E-state index is 5.87. The maximum atomic E-state index is 5.87. The zero-order chi connectivity index (χ0) is 12.0. The van der Waals surface area contributed by atoms with Gasteiger partial charge < -0.3 is 11.1 Å². The number of rotatable bonds is 7. The van der Waals surface area contributed by atoms with Gasteiger partial charge in [-0.05, 0) is 12.8 Å². The van der Waals surface area contributed by atoms with Crippen molar-refractivity contribution in [1.82, 2.24) is 9.78 Å². The van der Waals surface area contributed by atoms with E-state index in [2.05, 4.69) is 24.3 Å². The predicted octanol–water partition coefficient (Wildman–Crippen LogP) is 2.77. The van der Waals surface area contributed by atoms with Gasteiger partial charge in [-0.25, -0.2) is 0 Å². The molecule has 1 unspecified atom stereocenters. The number of hydrogen-bond acceptors (Lipinski definition) is 3. The molecule has 92 valence electrons. The fraction of sp³-hybridized carbons (Fsp3) is 0.750. The Balaban J connectivity index is 2.56. The van der Waals surface area contributed by atoms with Gasteiger partial charge in [-0.3, -0.25) is 4.68 Å². The Kier molecular flexibility index (Phi) is 5.15. The average Bonchev–Trinajstić information content (AvgIpc) is 2.54. The van der Waals surface area contributed by atoms with Gasteiger partial charge in [-0.15, -0.1) is 0 Å². The Morgan fingerprint density at radius 2 is 2.12 bits per heavy atom. The van der Waals surface area contributed by atoms with E-state index in [0.717, 1.165) is 11.5 Å². The Bertz CT molecular complexity index is 306. The minimum atomic E-state index is 0.502. The second kappa shape index (κ2) is 6.40. The van der Waals surface area contributed by atoms with E-state index in [1.54, 1.807) is 4.68 Å². The van der Waals surface area contributed by atoms with E-state index < -0.39 is 0 Å².